The molecule has 1 fully saturated rings. The van der Waals surface area contributed by atoms with Gasteiger partial charge in [-0.15, -0.1) is 0 Å². The van der Waals surface area contributed by atoms with E-state index in [2.05, 4.69) is 9.88 Å². The molecule has 2 aromatic carbocycles. The summed E-state index contributed by atoms with van der Waals surface area (Å²) in [7, 11) is 0. The molecule has 0 unspecified atom stereocenters. The Bertz CT molecular complexity index is 1320. The molecular weight excluding hydrogens is 481 g/mol. The molecule has 2 aliphatic rings. The van der Waals surface area contributed by atoms with Crippen molar-refractivity contribution in [1.82, 2.24) is 9.88 Å². The predicted molar refractivity (Wildman–Crippen MR) is 133 cm³/mol. The van der Waals surface area contributed by atoms with Crippen LogP contribution < -0.4 is 4.90 Å². The summed E-state index contributed by atoms with van der Waals surface area (Å²) in [4.78, 5) is 8.84. The minimum Gasteiger partial charge on any atom is -0.393 e. The van der Waals surface area contributed by atoms with E-state index in [1.807, 2.05) is 29.2 Å². The van der Waals surface area contributed by atoms with E-state index in [0.29, 0.717) is 36.0 Å². The van der Waals surface area contributed by atoms with E-state index in [9.17, 15) is 28.6 Å². The SMILES string of the molecule is N#Cc1cc([C@H](O)CO)cc(-c2ccc3c(c2)CN(CC2CC2)CCN3c2ccc(C(F)(F)F)cc2)n1. The molecule has 1 aliphatic carbocycles. The van der Waals surface area contributed by atoms with Crippen molar-refractivity contribution in [2.75, 3.05) is 31.1 Å². The highest BCUT2D eigenvalue weighted by Crippen LogP contribution is 2.38. The molecule has 192 valence electrons. The third-order valence-electron chi connectivity index (χ3n) is 6.94. The molecule has 1 atom stereocenters. The van der Waals surface area contributed by atoms with Crippen LogP contribution in [0.2, 0.25) is 0 Å². The van der Waals surface area contributed by atoms with Crippen molar-refractivity contribution >= 4 is 11.4 Å². The first-order valence-corrected chi connectivity index (χ1v) is 12.3. The molecule has 5 rings (SSSR count). The highest BCUT2D eigenvalue weighted by molar-refractivity contribution is 5.72. The summed E-state index contributed by atoms with van der Waals surface area (Å²) < 4.78 is 39.4. The number of nitriles is 1. The lowest BCUT2D eigenvalue weighted by Crippen LogP contribution is -2.30. The van der Waals surface area contributed by atoms with Crippen molar-refractivity contribution in [2.24, 2.45) is 5.92 Å². The molecule has 0 bridgehead atoms. The molecule has 0 amide bonds. The van der Waals surface area contributed by atoms with E-state index in [1.54, 1.807) is 6.07 Å². The van der Waals surface area contributed by atoms with E-state index >= 15 is 0 Å². The van der Waals surface area contributed by atoms with Crippen molar-refractivity contribution in [3.05, 3.63) is 77.0 Å². The van der Waals surface area contributed by atoms with Gasteiger partial charge >= 0.3 is 6.18 Å². The van der Waals surface area contributed by atoms with Crippen LogP contribution in [-0.4, -0.2) is 46.3 Å². The summed E-state index contributed by atoms with van der Waals surface area (Å²) in [5.74, 6) is 0.681. The van der Waals surface area contributed by atoms with Gasteiger partial charge in [0.1, 0.15) is 17.9 Å². The third kappa shape index (κ3) is 5.62. The Hall–Kier alpha value is -3.45. The van der Waals surface area contributed by atoms with Crippen LogP contribution in [0.25, 0.3) is 11.3 Å². The van der Waals surface area contributed by atoms with Crippen LogP contribution in [0.1, 0.15) is 41.3 Å². The Morgan fingerprint density at radius 1 is 1.05 bits per heavy atom. The molecule has 0 spiro atoms. The van der Waals surface area contributed by atoms with Gasteiger partial charge in [0.05, 0.1) is 17.9 Å². The second-order valence-electron chi connectivity index (χ2n) is 9.70. The van der Waals surface area contributed by atoms with Gasteiger partial charge in [-0.2, -0.15) is 18.4 Å². The normalized spacial score (nSPS) is 17.1. The summed E-state index contributed by atoms with van der Waals surface area (Å²) in [6.45, 7) is 2.59. The summed E-state index contributed by atoms with van der Waals surface area (Å²) in [6, 6.07) is 16.2. The number of aliphatic hydroxyl groups is 2. The quantitative estimate of drug-likeness (QED) is 0.486. The minimum absolute atomic E-state index is 0.136. The predicted octanol–water partition coefficient (Wildman–Crippen LogP) is 5.03. The lowest BCUT2D eigenvalue weighted by atomic mass is 10.0. The van der Waals surface area contributed by atoms with E-state index in [-0.39, 0.29) is 5.69 Å². The first-order chi connectivity index (χ1) is 17.7. The lowest BCUT2D eigenvalue weighted by Gasteiger charge is -2.26. The molecule has 0 radical (unpaired) electrons. The zero-order valence-corrected chi connectivity index (χ0v) is 20.1. The van der Waals surface area contributed by atoms with Gasteiger partial charge in [-0.3, -0.25) is 4.90 Å². The van der Waals surface area contributed by atoms with Gasteiger partial charge in [-0.05, 0) is 78.4 Å². The summed E-state index contributed by atoms with van der Waals surface area (Å²) in [6.07, 6.45) is -3.09. The Kier molecular flexibility index (Phi) is 6.90. The van der Waals surface area contributed by atoms with Crippen LogP contribution in [0.4, 0.5) is 24.5 Å². The Morgan fingerprint density at radius 3 is 2.46 bits per heavy atom. The summed E-state index contributed by atoms with van der Waals surface area (Å²) in [5.41, 5.74) is 3.72. The van der Waals surface area contributed by atoms with Gasteiger partial charge in [0.25, 0.3) is 0 Å². The summed E-state index contributed by atoms with van der Waals surface area (Å²) >= 11 is 0. The number of anilines is 2. The number of benzene rings is 2. The molecule has 3 aromatic rings. The van der Waals surface area contributed by atoms with Crippen LogP contribution in [-0.2, 0) is 12.7 Å². The number of rotatable bonds is 6. The second kappa shape index (κ2) is 10.1. The van der Waals surface area contributed by atoms with Crippen LogP contribution in [0.3, 0.4) is 0 Å². The van der Waals surface area contributed by atoms with Gasteiger partial charge in [0.15, 0.2) is 0 Å². The first-order valence-electron chi connectivity index (χ1n) is 12.3. The lowest BCUT2D eigenvalue weighted by molar-refractivity contribution is -0.137. The van der Waals surface area contributed by atoms with E-state index in [0.717, 1.165) is 42.0 Å². The van der Waals surface area contributed by atoms with E-state index < -0.39 is 24.5 Å². The van der Waals surface area contributed by atoms with Gasteiger partial charge in [-0.25, -0.2) is 4.98 Å². The topological polar surface area (TPSA) is 83.6 Å². The van der Waals surface area contributed by atoms with Gasteiger partial charge < -0.3 is 15.1 Å². The van der Waals surface area contributed by atoms with Crippen LogP contribution >= 0.6 is 0 Å². The molecule has 6 nitrogen and oxygen atoms in total. The van der Waals surface area contributed by atoms with Crippen molar-refractivity contribution in [3.63, 3.8) is 0 Å². The zero-order chi connectivity index (χ0) is 26.2. The van der Waals surface area contributed by atoms with E-state index in [4.69, 9.17) is 0 Å². The molecule has 1 aliphatic heterocycles. The monoisotopic (exact) mass is 508 g/mol. The first kappa shape index (κ1) is 25.2. The molecular formula is C28H27F3N4O2. The average molecular weight is 509 g/mol. The number of fused-ring (bicyclic) bond motifs is 1. The Morgan fingerprint density at radius 2 is 1.81 bits per heavy atom. The fourth-order valence-electron chi connectivity index (χ4n) is 4.79. The van der Waals surface area contributed by atoms with Crippen LogP contribution in [0, 0.1) is 17.2 Å². The zero-order valence-electron chi connectivity index (χ0n) is 20.1. The van der Waals surface area contributed by atoms with Gasteiger partial charge in [-0.1, -0.05) is 6.07 Å². The number of halogens is 3. The number of hydrogen-bond acceptors (Lipinski definition) is 6. The van der Waals surface area contributed by atoms with Crippen molar-refractivity contribution in [3.8, 4) is 17.3 Å². The maximum atomic E-state index is 13.1. The number of pyridine rings is 1. The molecule has 2 N–H and O–H groups in total. The largest absolute Gasteiger partial charge is 0.416 e. The maximum Gasteiger partial charge on any atom is 0.416 e. The van der Waals surface area contributed by atoms with Crippen LogP contribution in [0.15, 0.2) is 54.6 Å². The average Bonchev–Trinajstić information content (AvgIpc) is 3.73. The van der Waals surface area contributed by atoms with Gasteiger partial charge in [0.2, 0.25) is 0 Å². The van der Waals surface area contributed by atoms with E-state index in [1.165, 1.54) is 31.0 Å². The molecule has 1 aromatic heterocycles. The van der Waals surface area contributed by atoms with Crippen molar-refractivity contribution < 1.29 is 23.4 Å². The smallest absolute Gasteiger partial charge is 0.393 e. The number of alkyl halides is 3. The minimum atomic E-state index is -4.39. The fourth-order valence-corrected chi connectivity index (χ4v) is 4.79. The Balaban J connectivity index is 1.54. The second-order valence-corrected chi connectivity index (χ2v) is 9.70. The number of aliphatic hydroxyl groups excluding tert-OH is 2. The van der Waals surface area contributed by atoms with Crippen molar-refractivity contribution in [2.45, 2.75) is 31.7 Å². The van der Waals surface area contributed by atoms with Crippen molar-refractivity contribution in [1.29, 1.82) is 5.26 Å². The fraction of sp³-hybridized carbons (Fsp3) is 0.357. The number of aromatic nitrogens is 1. The molecule has 1 saturated carbocycles. The molecule has 0 saturated heterocycles. The van der Waals surface area contributed by atoms with Crippen LogP contribution in [0.5, 0.6) is 0 Å². The highest BCUT2D eigenvalue weighted by atomic mass is 19.4. The Labute approximate surface area is 213 Å². The molecule has 9 heteroatoms. The summed E-state index contributed by atoms with van der Waals surface area (Å²) in [5, 5.41) is 28.9. The number of hydrogen-bond donors (Lipinski definition) is 2. The maximum absolute atomic E-state index is 13.1. The van der Waals surface area contributed by atoms with Gasteiger partial charge in [0, 0.05) is 43.1 Å². The third-order valence-corrected chi connectivity index (χ3v) is 6.94. The number of nitrogens with zero attached hydrogens (tertiary/aromatic N) is 4. The highest BCUT2D eigenvalue weighted by Gasteiger charge is 2.31. The standard InChI is InChI=1S/C28H27F3N4O2/c29-28(30,31)22-4-6-24(7-5-22)35-10-9-34(15-18-1-2-18)16-21-11-19(3-8-26(21)35)25-13-20(27(37)17-36)12-23(14-32)33-25/h3-8,11-13,18,27,36-37H,1-2,9-10,15-17H2/t27-/m1/s1. The molecule has 2 heterocycles. The molecule has 37 heavy (non-hydrogen) atoms.